The minimum atomic E-state index is -3.97. The molecule has 0 atom stereocenters. The van der Waals surface area contributed by atoms with Gasteiger partial charge in [-0.1, -0.05) is 71.8 Å². The van der Waals surface area contributed by atoms with E-state index < -0.39 is 14.9 Å². The molecule has 0 fully saturated rings. The van der Waals surface area contributed by atoms with Crippen LogP contribution >= 0.6 is 0 Å². The van der Waals surface area contributed by atoms with Crippen LogP contribution in [0.1, 0.15) is 77.7 Å². The Morgan fingerprint density at radius 2 is 1.53 bits per heavy atom. The van der Waals surface area contributed by atoms with Gasteiger partial charge in [-0.3, -0.25) is 14.8 Å². The number of hydrogen-bond acceptors (Lipinski definition) is 6. The highest BCUT2D eigenvalue weighted by Gasteiger charge is 2.18. The first-order chi connectivity index (χ1) is 16.3. The van der Waals surface area contributed by atoms with Crippen LogP contribution in [0.3, 0.4) is 0 Å². The Kier molecular flexibility index (Phi) is 13.5. The first-order valence-electron chi connectivity index (χ1n) is 11.8. The van der Waals surface area contributed by atoms with Crippen molar-refractivity contribution in [2.24, 2.45) is 0 Å². The van der Waals surface area contributed by atoms with Gasteiger partial charge in [0.05, 0.1) is 27.7 Å². The highest BCUT2D eigenvalue weighted by Crippen LogP contribution is 2.27. The van der Waals surface area contributed by atoms with Crippen LogP contribution in [0.2, 0.25) is 0 Å². The molecule has 0 bridgehead atoms. The molecule has 2 aromatic carbocycles. The van der Waals surface area contributed by atoms with Gasteiger partial charge in [0.25, 0.3) is 15.7 Å². The van der Waals surface area contributed by atoms with Crippen LogP contribution in [-0.4, -0.2) is 26.2 Å². The van der Waals surface area contributed by atoms with Crippen LogP contribution < -0.4 is 9.46 Å². The number of hydrogen-bond donors (Lipinski definition) is 2. The maximum Gasteiger partial charge on any atom is 0.269 e. The molecule has 2 aromatic rings. The summed E-state index contributed by atoms with van der Waals surface area (Å²) in [5.41, 5.74) is 0.326. The first-order valence-corrected chi connectivity index (χ1v) is 13.3. The number of nitrogens with one attached hydrogen (secondary N) is 2. The number of nitro groups is 1. The van der Waals surface area contributed by atoms with Crippen molar-refractivity contribution in [3.8, 4) is 5.75 Å². The van der Waals surface area contributed by atoms with Gasteiger partial charge in [0, 0.05) is 18.3 Å². The smallest absolute Gasteiger partial charge is 0.269 e. The van der Waals surface area contributed by atoms with Gasteiger partial charge in [-0.05, 0) is 30.7 Å². The second-order valence-corrected chi connectivity index (χ2v) is 9.52. The molecule has 0 aliphatic heterocycles. The zero-order chi connectivity index (χ0) is 25.4. The highest BCUT2D eigenvalue weighted by atomic mass is 32.2. The summed E-state index contributed by atoms with van der Waals surface area (Å²) < 4.78 is 33.2. The molecular weight excluding hydrogens is 454 g/mol. The fourth-order valence-corrected chi connectivity index (χ4v) is 4.15. The Labute approximate surface area is 203 Å². The number of rotatable bonds is 14. The van der Waals surface area contributed by atoms with Gasteiger partial charge in [-0.15, -0.1) is 0 Å². The van der Waals surface area contributed by atoms with Gasteiger partial charge >= 0.3 is 0 Å². The van der Waals surface area contributed by atoms with Gasteiger partial charge in [0.1, 0.15) is 5.75 Å². The lowest BCUT2D eigenvalue weighted by atomic mass is 10.2. The average Bonchev–Trinajstić information content (AvgIpc) is 2.82. The number of nitrogens with zero attached hydrogens (tertiary/aromatic N) is 1. The molecule has 2 N–H and O–H groups in total. The molecule has 0 saturated carbocycles. The lowest BCUT2D eigenvalue weighted by Crippen LogP contribution is -2.14. The van der Waals surface area contributed by atoms with Gasteiger partial charge < -0.3 is 10.1 Å². The van der Waals surface area contributed by atoms with Gasteiger partial charge in [0.2, 0.25) is 0 Å². The van der Waals surface area contributed by atoms with Crippen molar-refractivity contribution in [2.75, 3.05) is 11.3 Å². The van der Waals surface area contributed by atoms with E-state index in [-0.39, 0.29) is 16.3 Å². The van der Waals surface area contributed by atoms with E-state index in [0.717, 1.165) is 49.7 Å². The summed E-state index contributed by atoms with van der Waals surface area (Å²) in [6, 6.07) is 9.41. The molecule has 0 spiro atoms. The van der Waals surface area contributed by atoms with Crippen molar-refractivity contribution in [3.05, 3.63) is 58.1 Å². The zero-order valence-electron chi connectivity index (χ0n) is 20.4. The van der Waals surface area contributed by atoms with Crippen molar-refractivity contribution in [1.29, 1.82) is 5.41 Å². The Morgan fingerprint density at radius 3 is 2.06 bits per heavy atom. The molecule has 9 heteroatoms. The van der Waals surface area contributed by atoms with Crippen LogP contribution in [0.25, 0.3) is 0 Å². The second kappa shape index (κ2) is 15.8. The summed E-state index contributed by atoms with van der Waals surface area (Å²) >= 11 is 0. The first kappa shape index (κ1) is 29.1. The van der Waals surface area contributed by atoms with Crippen molar-refractivity contribution in [3.63, 3.8) is 0 Å². The van der Waals surface area contributed by atoms with E-state index in [1.54, 1.807) is 12.1 Å². The number of unbranched alkanes of at least 4 members (excludes halogenated alkanes) is 6. The van der Waals surface area contributed by atoms with E-state index in [9.17, 15) is 18.5 Å². The van der Waals surface area contributed by atoms with Gasteiger partial charge in [0.15, 0.2) is 0 Å². The minimum absolute atomic E-state index is 0.113. The summed E-state index contributed by atoms with van der Waals surface area (Å²) in [4.78, 5) is 9.99. The molecule has 0 radical (unpaired) electrons. The monoisotopic (exact) mass is 491 g/mol. The summed E-state index contributed by atoms with van der Waals surface area (Å²) in [6.07, 6.45) is 11.0. The standard InChI is InChI=1S/C18H21N3O5S.C7H16/c1-2-3-4-12-26-18-7-5-6-17(16(18)13-19)20-27(24,25)15-10-8-14(9-11-15)21(22)23;1-3-5-7-6-4-2/h5-11,13,19-20H,2-4,12H2,1H3;3-7H2,1-2H3. The molecular formula is C25H37N3O5S. The SMILES string of the molecule is CCCCCCC.CCCCCOc1cccc(NS(=O)(=O)c2ccc([N+](=O)[O-])cc2)c1C=N. The predicted octanol–water partition coefficient (Wildman–Crippen LogP) is 6.94. The second-order valence-electron chi connectivity index (χ2n) is 7.83. The van der Waals surface area contributed by atoms with E-state index in [1.807, 2.05) is 0 Å². The molecule has 0 aromatic heterocycles. The Bertz CT molecular complexity index is 988. The average molecular weight is 492 g/mol. The third-order valence-corrected chi connectivity index (χ3v) is 6.41. The van der Waals surface area contributed by atoms with Crippen molar-refractivity contribution in [2.45, 2.75) is 77.0 Å². The number of ether oxygens (including phenoxy) is 1. The Hall–Kier alpha value is -2.94. The van der Waals surface area contributed by atoms with Crippen LogP contribution in [0.5, 0.6) is 5.75 Å². The van der Waals surface area contributed by atoms with Crippen LogP contribution in [0, 0.1) is 15.5 Å². The Balaban J connectivity index is 0.000000718. The number of sulfonamides is 1. The molecule has 0 aliphatic carbocycles. The fraction of sp³-hybridized carbons (Fsp3) is 0.480. The molecule has 0 amide bonds. The van der Waals surface area contributed by atoms with E-state index in [2.05, 4.69) is 25.5 Å². The van der Waals surface area contributed by atoms with E-state index >= 15 is 0 Å². The summed E-state index contributed by atoms with van der Waals surface area (Å²) in [5, 5.41) is 18.3. The van der Waals surface area contributed by atoms with Crippen LogP contribution in [0.4, 0.5) is 11.4 Å². The topological polar surface area (TPSA) is 122 Å². The number of nitro benzene ring substituents is 1. The molecule has 188 valence electrons. The lowest BCUT2D eigenvalue weighted by Gasteiger charge is -2.14. The summed E-state index contributed by atoms with van der Waals surface area (Å²) in [5.74, 6) is 0.421. The maximum atomic E-state index is 12.6. The summed E-state index contributed by atoms with van der Waals surface area (Å²) in [6.45, 7) is 7.05. The highest BCUT2D eigenvalue weighted by molar-refractivity contribution is 7.92. The lowest BCUT2D eigenvalue weighted by molar-refractivity contribution is -0.384. The quantitative estimate of drug-likeness (QED) is 0.128. The Morgan fingerprint density at radius 1 is 0.941 bits per heavy atom. The molecule has 0 unspecified atom stereocenters. The molecule has 0 saturated heterocycles. The maximum absolute atomic E-state index is 12.6. The minimum Gasteiger partial charge on any atom is -0.493 e. The van der Waals surface area contributed by atoms with Crippen LogP contribution in [0.15, 0.2) is 47.4 Å². The largest absolute Gasteiger partial charge is 0.493 e. The number of benzene rings is 2. The number of non-ortho nitro benzene ring substituents is 1. The fourth-order valence-electron chi connectivity index (χ4n) is 3.07. The van der Waals surface area contributed by atoms with E-state index in [1.165, 1.54) is 38.2 Å². The van der Waals surface area contributed by atoms with Gasteiger partial charge in [-0.25, -0.2) is 8.42 Å². The van der Waals surface area contributed by atoms with Crippen LogP contribution in [-0.2, 0) is 10.0 Å². The van der Waals surface area contributed by atoms with E-state index in [4.69, 9.17) is 10.1 Å². The van der Waals surface area contributed by atoms with Crippen molar-refractivity contribution in [1.82, 2.24) is 0 Å². The summed E-state index contributed by atoms with van der Waals surface area (Å²) in [7, 11) is -3.97. The molecule has 8 nitrogen and oxygen atoms in total. The molecule has 0 aliphatic rings. The molecule has 0 heterocycles. The van der Waals surface area contributed by atoms with Crippen molar-refractivity contribution < 1.29 is 18.1 Å². The third kappa shape index (κ3) is 9.91. The molecule has 34 heavy (non-hydrogen) atoms. The normalized spacial score (nSPS) is 10.7. The predicted molar refractivity (Wildman–Crippen MR) is 138 cm³/mol. The molecule has 2 rings (SSSR count). The number of anilines is 1. The third-order valence-electron chi connectivity index (χ3n) is 5.03. The zero-order valence-corrected chi connectivity index (χ0v) is 21.2. The van der Waals surface area contributed by atoms with E-state index in [0.29, 0.717) is 17.9 Å². The van der Waals surface area contributed by atoms with Gasteiger partial charge in [-0.2, -0.15) is 0 Å². The van der Waals surface area contributed by atoms with Crippen molar-refractivity contribution >= 4 is 27.6 Å².